The Balaban J connectivity index is 2.35. The van der Waals surface area contributed by atoms with Crippen LogP contribution in [0, 0.1) is 5.41 Å². The predicted molar refractivity (Wildman–Crippen MR) is 61.7 cm³/mol. The second kappa shape index (κ2) is 6.46. The van der Waals surface area contributed by atoms with Crippen LogP contribution in [0.1, 0.15) is 45.4 Å². The fourth-order valence-corrected chi connectivity index (χ4v) is 2.42. The minimum Gasteiger partial charge on any atom is -0.396 e. The van der Waals surface area contributed by atoms with E-state index in [0.717, 1.165) is 32.3 Å². The molecule has 0 aromatic carbocycles. The predicted octanol–water partition coefficient (Wildman–Crippen LogP) is 1.68. The highest BCUT2D eigenvalue weighted by molar-refractivity contribution is 4.81. The molecule has 1 aliphatic rings. The highest BCUT2D eigenvalue weighted by Crippen LogP contribution is 2.30. The molecule has 1 aliphatic heterocycles. The third-order valence-corrected chi connectivity index (χ3v) is 3.57. The quantitative estimate of drug-likeness (QED) is 0.679. The highest BCUT2D eigenvalue weighted by Gasteiger charge is 2.28. The first-order chi connectivity index (χ1) is 7.26. The molecule has 0 amide bonds. The van der Waals surface area contributed by atoms with Crippen LogP contribution in [0.5, 0.6) is 0 Å². The molecular weight excluding hydrogens is 190 g/mol. The van der Waals surface area contributed by atoms with E-state index in [1.807, 2.05) is 0 Å². The molecule has 0 aromatic rings. The van der Waals surface area contributed by atoms with Crippen LogP contribution >= 0.6 is 0 Å². The van der Waals surface area contributed by atoms with Crippen LogP contribution in [0.15, 0.2) is 0 Å². The van der Waals surface area contributed by atoms with Crippen molar-refractivity contribution in [1.82, 2.24) is 0 Å². The van der Waals surface area contributed by atoms with Gasteiger partial charge in [-0.05, 0) is 32.1 Å². The third-order valence-electron chi connectivity index (χ3n) is 3.57. The summed E-state index contributed by atoms with van der Waals surface area (Å²) in [5, 5.41) is 9.46. The SMILES string of the molecule is CCCC(CN)(CO)CCC1CCCO1. The number of hydrogen-bond acceptors (Lipinski definition) is 3. The summed E-state index contributed by atoms with van der Waals surface area (Å²) >= 11 is 0. The van der Waals surface area contributed by atoms with Gasteiger partial charge in [-0.3, -0.25) is 0 Å². The molecule has 0 radical (unpaired) electrons. The Morgan fingerprint density at radius 1 is 1.47 bits per heavy atom. The first kappa shape index (κ1) is 12.9. The molecule has 1 rings (SSSR count). The van der Waals surface area contributed by atoms with Crippen molar-refractivity contribution in [3.05, 3.63) is 0 Å². The van der Waals surface area contributed by atoms with Gasteiger partial charge in [0.05, 0.1) is 6.10 Å². The Labute approximate surface area is 93.0 Å². The van der Waals surface area contributed by atoms with E-state index in [-0.39, 0.29) is 12.0 Å². The van der Waals surface area contributed by atoms with Crippen LogP contribution in [0.25, 0.3) is 0 Å². The van der Waals surface area contributed by atoms with Crippen molar-refractivity contribution in [3.8, 4) is 0 Å². The molecule has 0 saturated carbocycles. The smallest absolute Gasteiger partial charge is 0.0576 e. The molecule has 3 nitrogen and oxygen atoms in total. The van der Waals surface area contributed by atoms with Gasteiger partial charge >= 0.3 is 0 Å². The lowest BCUT2D eigenvalue weighted by Crippen LogP contribution is -2.35. The van der Waals surface area contributed by atoms with Crippen molar-refractivity contribution in [2.24, 2.45) is 11.1 Å². The summed E-state index contributed by atoms with van der Waals surface area (Å²) in [6, 6.07) is 0. The first-order valence-corrected chi connectivity index (χ1v) is 6.19. The number of ether oxygens (including phenoxy) is 1. The molecular formula is C12H25NO2. The molecule has 90 valence electrons. The zero-order chi connectivity index (χ0) is 11.1. The van der Waals surface area contributed by atoms with Crippen molar-refractivity contribution in [3.63, 3.8) is 0 Å². The number of aliphatic hydroxyl groups is 1. The lowest BCUT2D eigenvalue weighted by atomic mass is 9.79. The first-order valence-electron chi connectivity index (χ1n) is 6.19. The second-order valence-corrected chi connectivity index (χ2v) is 4.79. The van der Waals surface area contributed by atoms with Gasteiger partial charge in [0.25, 0.3) is 0 Å². The van der Waals surface area contributed by atoms with E-state index >= 15 is 0 Å². The number of rotatable bonds is 7. The Morgan fingerprint density at radius 3 is 2.73 bits per heavy atom. The van der Waals surface area contributed by atoms with Gasteiger partial charge in [-0.1, -0.05) is 13.3 Å². The van der Waals surface area contributed by atoms with E-state index in [1.54, 1.807) is 0 Å². The molecule has 2 unspecified atom stereocenters. The average molecular weight is 215 g/mol. The molecule has 0 aliphatic carbocycles. The Bertz CT molecular complexity index is 163. The van der Waals surface area contributed by atoms with Crippen LogP contribution in [-0.2, 0) is 4.74 Å². The summed E-state index contributed by atoms with van der Waals surface area (Å²) in [7, 11) is 0. The zero-order valence-electron chi connectivity index (χ0n) is 9.87. The number of aliphatic hydroxyl groups excluding tert-OH is 1. The molecule has 3 heteroatoms. The van der Waals surface area contributed by atoms with Crippen LogP contribution in [0.4, 0.5) is 0 Å². The summed E-state index contributed by atoms with van der Waals surface area (Å²) in [4.78, 5) is 0. The van der Waals surface area contributed by atoms with E-state index in [9.17, 15) is 5.11 Å². The summed E-state index contributed by atoms with van der Waals surface area (Å²) in [5.41, 5.74) is 5.73. The van der Waals surface area contributed by atoms with E-state index in [2.05, 4.69) is 6.92 Å². The van der Waals surface area contributed by atoms with Gasteiger partial charge < -0.3 is 15.6 Å². The third kappa shape index (κ3) is 3.74. The van der Waals surface area contributed by atoms with Gasteiger partial charge in [-0.25, -0.2) is 0 Å². The van der Waals surface area contributed by atoms with E-state index < -0.39 is 0 Å². The van der Waals surface area contributed by atoms with Gasteiger partial charge in [-0.2, -0.15) is 0 Å². The van der Waals surface area contributed by atoms with Gasteiger partial charge in [0.1, 0.15) is 0 Å². The second-order valence-electron chi connectivity index (χ2n) is 4.79. The molecule has 2 atom stereocenters. The molecule has 0 spiro atoms. The molecule has 3 N–H and O–H groups in total. The Hall–Kier alpha value is -0.120. The van der Waals surface area contributed by atoms with Crippen molar-refractivity contribution in [2.45, 2.75) is 51.6 Å². The van der Waals surface area contributed by atoms with Crippen LogP contribution < -0.4 is 5.73 Å². The molecule has 1 saturated heterocycles. The number of hydrogen-bond donors (Lipinski definition) is 2. The monoisotopic (exact) mass is 215 g/mol. The average Bonchev–Trinajstić information content (AvgIpc) is 2.77. The maximum Gasteiger partial charge on any atom is 0.0576 e. The summed E-state index contributed by atoms with van der Waals surface area (Å²) in [6.45, 7) is 3.85. The van der Waals surface area contributed by atoms with Crippen molar-refractivity contribution >= 4 is 0 Å². The lowest BCUT2D eigenvalue weighted by molar-refractivity contribution is 0.0634. The molecule has 1 heterocycles. The van der Waals surface area contributed by atoms with Gasteiger partial charge in [0.2, 0.25) is 0 Å². The lowest BCUT2D eigenvalue weighted by Gasteiger charge is -2.31. The minimum absolute atomic E-state index is 0.0549. The highest BCUT2D eigenvalue weighted by atomic mass is 16.5. The molecule has 0 bridgehead atoms. The Kier molecular flexibility index (Phi) is 5.58. The molecule has 0 aromatic heterocycles. The fraction of sp³-hybridized carbons (Fsp3) is 1.00. The van der Waals surface area contributed by atoms with Gasteiger partial charge in [-0.15, -0.1) is 0 Å². The summed E-state index contributed by atoms with van der Waals surface area (Å²) in [5.74, 6) is 0. The van der Waals surface area contributed by atoms with Gasteiger partial charge in [0.15, 0.2) is 0 Å². The maximum absolute atomic E-state index is 9.46. The van der Waals surface area contributed by atoms with Crippen molar-refractivity contribution < 1.29 is 9.84 Å². The largest absolute Gasteiger partial charge is 0.396 e. The molecule has 15 heavy (non-hydrogen) atoms. The van der Waals surface area contributed by atoms with Crippen LogP contribution in [-0.4, -0.2) is 31.0 Å². The fourth-order valence-electron chi connectivity index (χ4n) is 2.42. The summed E-state index contributed by atoms with van der Waals surface area (Å²) < 4.78 is 5.59. The minimum atomic E-state index is -0.0549. The normalized spacial score (nSPS) is 25.4. The van der Waals surface area contributed by atoms with Crippen LogP contribution in [0.3, 0.4) is 0 Å². The van der Waals surface area contributed by atoms with Crippen molar-refractivity contribution in [2.75, 3.05) is 19.8 Å². The molecule has 1 fully saturated rings. The van der Waals surface area contributed by atoms with E-state index in [1.165, 1.54) is 12.8 Å². The van der Waals surface area contributed by atoms with E-state index in [0.29, 0.717) is 12.6 Å². The standard InChI is InChI=1S/C12H25NO2/c1-2-6-12(9-13,10-14)7-5-11-4-3-8-15-11/h11,14H,2-10,13H2,1H3. The maximum atomic E-state index is 9.46. The van der Waals surface area contributed by atoms with Crippen molar-refractivity contribution in [1.29, 1.82) is 0 Å². The zero-order valence-corrected chi connectivity index (χ0v) is 9.87. The summed E-state index contributed by atoms with van der Waals surface area (Å²) in [6.07, 6.45) is 6.94. The van der Waals surface area contributed by atoms with E-state index in [4.69, 9.17) is 10.5 Å². The Morgan fingerprint density at radius 2 is 2.27 bits per heavy atom. The van der Waals surface area contributed by atoms with Gasteiger partial charge in [0, 0.05) is 25.2 Å². The number of nitrogens with two attached hydrogens (primary N) is 1. The van der Waals surface area contributed by atoms with Crippen LogP contribution in [0.2, 0.25) is 0 Å². The topological polar surface area (TPSA) is 55.5 Å².